The molecule has 0 aromatic carbocycles. The number of aromatic nitrogens is 2. The molecule has 0 radical (unpaired) electrons. The van der Waals surface area contributed by atoms with Crippen molar-refractivity contribution >= 4 is 5.96 Å². The van der Waals surface area contributed by atoms with E-state index in [2.05, 4.69) is 15.0 Å². The van der Waals surface area contributed by atoms with Crippen LogP contribution in [-0.2, 0) is 6.54 Å². The summed E-state index contributed by atoms with van der Waals surface area (Å²) in [7, 11) is 1.99. The molecule has 1 heterocycles. The Balaban J connectivity index is 1.96. The third-order valence-corrected chi connectivity index (χ3v) is 2.69. The van der Waals surface area contributed by atoms with Gasteiger partial charge in [-0.3, -0.25) is 0 Å². The molecule has 1 aromatic heterocycles. The number of aryl methyl sites for hydroxylation is 1. The summed E-state index contributed by atoms with van der Waals surface area (Å²) in [5, 5.41) is 0. The van der Waals surface area contributed by atoms with E-state index >= 15 is 0 Å². The van der Waals surface area contributed by atoms with E-state index < -0.39 is 0 Å². The monoisotopic (exact) mass is 219 g/mol. The topological polar surface area (TPSA) is 67.4 Å². The molecule has 0 bridgehead atoms. The van der Waals surface area contributed by atoms with Crippen molar-refractivity contribution in [3.05, 3.63) is 23.8 Å². The molecular weight excluding hydrogens is 202 g/mol. The minimum atomic E-state index is 0.520. The Bertz CT molecular complexity index is 397. The zero-order chi connectivity index (χ0) is 11.5. The van der Waals surface area contributed by atoms with Gasteiger partial charge in [0.15, 0.2) is 5.96 Å². The van der Waals surface area contributed by atoms with E-state index in [0.717, 1.165) is 11.5 Å². The van der Waals surface area contributed by atoms with Crippen LogP contribution >= 0.6 is 0 Å². The standard InChI is InChI=1S/C11H17N5/c1-8-13-6-5-9(15-8)7-14-11(12)16(2)10-3-4-10/h5-6,10H,3-4,7H2,1-2H3,(H2,12,14). The predicted molar refractivity (Wildman–Crippen MR) is 62.9 cm³/mol. The summed E-state index contributed by atoms with van der Waals surface area (Å²) >= 11 is 0. The van der Waals surface area contributed by atoms with Crippen LogP contribution in [0.25, 0.3) is 0 Å². The number of hydrogen-bond acceptors (Lipinski definition) is 3. The molecule has 0 saturated heterocycles. The van der Waals surface area contributed by atoms with Gasteiger partial charge < -0.3 is 10.6 Å². The lowest BCUT2D eigenvalue weighted by Gasteiger charge is -2.16. The molecule has 0 spiro atoms. The Morgan fingerprint density at radius 1 is 1.62 bits per heavy atom. The molecule has 0 unspecified atom stereocenters. The maximum absolute atomic E-state index is 5.88. The number of hydrogen-bond donors (Lipinski definition) is 1. The Kier molecular flexibility index (Phi) is 3.03. The van der Waals surface area contributed by atoms with Crippen molar-refractivity contribution in [1.29, 1.82) is 0 Å². The normalized spacial score (nSPS) is 16.2. The summed E-state index contributed by atoms with van der Waals surface area (Å²) < 4.78 is 0. The summed E-state index contributed by atoms with van der Waals surface area (Å²) in [4.78, 5) is 14.7. The van der Waals surface area contributed by atoms with Gasteiger partial charge in [0.2, 0.25) is 0 Å². The van der Waals surface area contributed by atoms with Crippen molar-refractivity contribution in [2.45, 2.75) is 32.4 Å². The summed E-state index contributed by atoms with van der Waals surface area (Å²) in [6.45, 7) is 2.39. The summed E-state index contributed by atoms with van der Waals surface area (Å²) in [5.41, 5.74) is 6.78. The van der Waals surface area contributed by atoms with Crippen LogP contribution in [0.1, 0.15) is 24.4 Å². The van der Waals surface area contributed by atoms with E-state index in [4.69, 9.17) is 5.73 Å². The van der Waals surface area contributed by atoms with Crippen molar-refractivity contribution in [3.63, 3.8) is 0 Å². The smallest absolute Gasteiger partial charge is 0.191 e. The maximum atomic E-state index is 5.88. The van der Waals surface area contributed by atoms with Crippen molar-refractivity contribution in [1.82, 2.24) is 14.9 Å². The fraction of sp³-hybridized carbons (Fsp3) is 0.545. The summed E-state index contributed by atoms with van der Waals surface area (Å²) in [5.74, 6) is 1.36. The summed E-state index contributed by atoms with van der Waals surface area (Å²) in [6, 6.07) is 2.46. The first kappa shape index (κ1) is 10.9. The molecule has 5 nitrogen and oxygen atoms in total. The highest BCUT2D eigenvalue weighted by Crippen LogP contribution is 2.24. The van der Waals surface area contributed by atoms with Gasteiger partial charge in [0.25, 0.3) is 0 Å². The first-order valence-corrected chi connectivity index (χ1v) is 5.48. The highest BCUT2D eigenvalue weighted by molar-refractivity contribution is 5.78. The summed E-state index contributed by atoms with van der Waals surface area (Å²) in [6.07, 6.45) is 4.19. The van der Waals surface area contributed by atoms with Gasteiger partial charge in [0.05, 0.1) is 12.2 Å². The van der Waals surface area contributed by atoms with Gasteiger partial charge in [-0.15, -0.1) is 0 Å². The SMILES string of the molecule is Cc1nccc(CN=C(N)N(C)C2CC2)n1. The number of nitrogens with two attached hydrogens (primary N) is 1. The zero-order valence-corrected chi connectivity index (χ0v) is 9.72. The Morgan fingerprint density at radius 3 is 3.00 bits per heavy atom. The second kappa shape index (κ2) is 4.47. The maximum Gasteiger partial charge on any atom is 0.191 e. The van der Waals surface area contributed by atoms with Crippen molar-refractivity contribution < 1.29 is 0 Å². The van der Waals surface area contributed by atoms with Crippen LogP contribution < -0.4 is 5.73 Å². The molecule has 0 atom stereocenters. The minimum absolute atomic E-state index is 0.520. The van der Waals surface area contributed by atoms with Gasteiger partial charge in [-0.05, 0) is 25.8 Å². The quantitative estimate of drug-likeness (QED) is 0.600. The fourth-order valence-corrected chi connectivity index (χ4v) is 1.52. The van der Waals surface area contributed by atoms with Crippen LogP contribution in [0.3, 0.4) is 0 Å². The molecule has 5 heteroatoms. The average Bonchev–Trinajstić information content (AvgIpc) is 3.09. The number of aliphatic imine (C=N–C) groups is 1. The molecule has 0 aliphatic heterocycles. The molecular formula is C11H17N5. The fourth-order valence-electron chi connectivity index (χ4n) is 1.52. The van der Waals surface area contributed by atoms with E-state index in [1.54, 1.807) is 6.20 Å². The van der Waals surface area contributed by atoms with Gasteiger partial charge in [-0.2, -0.15) is 0 Å². The first-order valence-electron chi connectivity index (χ1n) is 5.48. The predicted octanol–water partition coefficient (Wildman–Crippen LogP) is 0.694. The number of guanidine groups is 1. The van der Waals surface area contributed by atoms with Crippen LogP contribution in [-0.4, -0.2) is 33.9 Å². The lowest BCUT2D eigenvalue weighted by Crippen LogP contribution is -2.35. The minimum Gasteiger partial charge on any atom is -0.370 e. The number of nitrogens with zero attached hydrogens (tertiary/aromatic N) is 4. The molecule has 2 rings (SSSR count). The van der Waals surface area contributed by atoms with Gasteiger partial charge in [-0.25, -0.2) is 15.0 Å². The second-order valence-corrected chi connectivity index (χ2v) is 4.11. The molecule has 1 aliphatic carbocycles. The van der Waals surface area contributed by atoms with E-state index in [0.29, 0.717) is 18.5 Å². The Hall–Kier alpha value is -1.65. The third kappa shape index (κ3) is 2.68. The zero-order valence-electron chi connectivity index (χ0n) is 9.72. The van der Waals surface area contributed by atoms with Crippen LogP contribution in [0, 0.1) is 6.92 Å². The Morgan fingerprint density at radius 2 is 2.38 bits per heavy atom. The van der Waals surface area contributed by atoms with Crippen molar-refractivity contribution in [3.8, 4) is 0 Å². The molecule has 1 saturated carbocycles. The Labute approximate surface area is 95.4 Å². The van der Waals surface area contributed by atoms with Crippen molar-refractivity contribution in [2.24, 2.45) is 10.7 Å². The molecule has 86 valence electrons. The lowest BCUT2D eigenvalue weighted by molar-refractivity contribution is 0.487. The van der Waals surface area contributed by atoms with E-state index in [1.807, 2.05) is 24.9 Å². The van der Waals surface area contributed by atoms with Crippen LogP contribution in [0.15, 0.2) is 17.3 Å². The first-order chi connectivity index (χ1) is 7.66. The highest BCUT2D eigenvalue weighted by atomic mass is 15.3. The molecule has 1 fully saturated rings. The van der Waals surface area contributed by atoms with E-state index in [9.17, 15) is 0 Å². The van der Waals surface area contributed by atoms with Crippen LogP contribution in [0.4, 0.5) is 0 Å². The van der Waals surface area contributed by atoms with Crippen LogP contribution in [0.5, 0.6) is 0 Å². The van der Waals surface area contributed by atoms with Gasteiger partial charge in [-0.1, -0.05) is 0 Å². The highest BCUT2D eigenvalue weighted by Gasteiger charge is 2.27. The lowest BCUT2D eigenvalue weighted by atomic mass is 10.4. The van der Waals surface area contributed by atoms with Gasteiger partial charge >= 0.3 is 0 Å². The van der Waals surface area contributed by atoms with Gasteiger partial charge in [0.1, 0.15) is 5.82 Å². The molecule has 2 N–H and O–H groups in total. The largest absolute Gasteiger partial charge is 0.370 e. The van der Waals surface area contributed by atoms with Crippen molar-refractivity contribution in [2.75, 3.05) is 7.05 Å². The average molecular weight is 219 g/mol. The molecule has 16 heavy (non-hydrogen) atoms. The molecule has 1 aliphatic rings. The molecule has 0 amide bonds. The van der Waals surface area contributed by atoms with Gasteiger partial charge in [0, 0.05) is 19.3 Å². The second-order valence-electron chi connectivity index (χ2n) is 4.11. The third-order valence-electron chi connectivity index (χ3n) is 2.69. The van der Waals surface area contributed by atoms with E-state index in [1.165, 1.54) is 12.8 Å². The van der Waals surface area contributed by atoms with E-state index in [-0.39, 0.29) is 0 Å². The van der Waals surface area contributed by atoms with Crippen LogP contribution in [0.2, 0.25) is 0 Å². The number of rotatable bonds is 3. The molecule has 1 aromatic rings.